The van der Waals surface area contributed by atoms with Crippen LogP contribution in [0.4, 0.5) is 0 Å². The Morgan fingerprint density at radius 1 is 0.844 bits per heavy atom. The lowest BCUT2D eigenvalue weighted by molar-refractivity contribution is -0.368. The van der Waals surface area contributed by atoms with Crippen molar-refractivity contribution >= 4 is 23.9 Å². The summed E-state index contributed by atoms with van der Waals surface area (Å²) in [6, 6.07) is 0. The van der Waals surface area contributed by atoms with Gasteiger partial charge in [-0.25, -0.2) is 9.59 Å². The van der Waals surface area contributed by atoms with Crippen LogP contribution >= 0.6 is 0 Å². The minimum absolute atomic E-state index is 1.08. The lowest BCUT2D eigenvalue weighted by atomic mass is 10.1. The van der Waals surface area contributed by atoms with Gasteiger partial charge in [0.1, 0.15) is 0 Å². The third kappa shape index (κ3) is 21.5. The van der Waals surface area contributed by atoms with Crippen LogP contribution in [0.5, 0.6) is 0 Å². The smallest absolute Gasteiger partial charge is 0.351 e. The number of aliphatic carboxylic acids is 4. The van der Waals surface area contributed by atoms with Crippen LogP contribution < -0.4 is 21.7 Å². The summed E-state index contributed by atoms with van der Waals surface area (Å²) in [7, 11) is 0. The number of carboxylic acid groups (broad SMARTS) is 4. The summed E-state index contributed by atoms with van der Waals surface area (Å²) in [5.74, 6) is -8.02. The number of quaternary nitrogens is 2. The van der Waals surface area contributed by atoms with Gasteiger partial charge in [-0.15, -0.1) is 0 Å². The largest absolute Gasteiger partial charge is 0.539 e. The van der Waals surface area contributed by atoms with Gasteiger partial charge in [0, 0.05) is 0 Å². The molecule has 180 valence electrons. The third-order valence-electron chi connectivity index (χ3n) is 4.01. The van der Waals surface area contributed by atoms with Crippen LogP contribution in [0.15, 0.2) is 47.6 Å². The number of carbonyl (C=O) groups excluding carboxylic acids is 2. The van der Waals surface area contributed by atoms with Gasteiger partial charge < -0.3 is 41.5 Å². The van der Waals surface area contributed by atoms with Crippen molar-refractivity contribution in [3.8, 4) is 0 Å². The van der Waals surface area contributed by atoms with E-state index in [0.29, 0.717) is 0 Å². The summed E-state index contributed by atoms with van der Waals surface area (Å²) < 4.78 is 0. The molecule has 10 nitrogen and oxygen atoms in total. The number of unbranched alkanes of at least 4 members (excludes halogenated alkanes) is 2. The second kappa shape index (κ2) is 21.0. The Kier molecular flexibility index (Phi) is 20.3. The molecule has 0 heterocycles. The molecule has 0 fully saturated rings. The molecule has 0 radical (unpaired) electrons. The molecule has 0 aromatic rings. The van der Waals surface area contributed by atoms with Crippen molar-refractivity contribution in [1.82, 2.24) is 0 Å². The van der Waals surface area contributed by atoms with Gasteiger partial charge in [0.2, 0.25) is 0 Å². The zero-order valence-electron chi connectivity index (χ0n) is 18.3. The van der Waals surface area contributed by atoms with E-state index in [9.17, 15) is 0 Å². The number of carbonyl (C=O) groups is 4. The molecular weight excluding hydrogens is 420 g/mol. The normalized spacial score (nSPS) is 12.7. The van der Waals surface area contributed by atoms with E-state index in [-0.39, 0.29) is 0 Å². The van der Waals surface area contributed by atoms with E-state index in [2.05, 4.69) is 47.9 Å². The molecule has 0 amide bonds. The molecule has 0 aliphatic heterocycles. The lowest BCUT2D eigenvalue weighted by Gasteiger charge is -1.97. The number of hydrogen-bond donors (Lipinski definition) is 4. The maximum Gasteiger partial charge on any atom is 0.351 e. The van der Waals surface area contributed by atoms with Gasteiger partial charge in [-0.3, -0.25) is 0 Å². The van der Waals surface area contributed by atoms with Crippen molar-refractivity contribution in [3.63, 3.8) is 0 Å². The second-order valence-electron chi connectivity index (χ2n) is 6.68. The molecule has 0 aromatic heterocycles. The molecule has 10 heteroatoms. The molecule has 2 aliphatic carbocycles. The Bertz CT molecular complexity index is 661. The van der Waals surface area contributed by atoms with E-state index in [4.69, 9.17) is 39.6 Å². The number of rotatable bonds is 8. The first kappa shape index (κ1) is 30.9. The van der Waals surface area contributed by atoms with Crippen LogP contribution in [0.25, 0.3) is 0 Å². The van der Waals surface area contributed by atoms with Gasteiger partial charge in [0.05, 0.1) is 13.1 Å². The molecule has 2 aliphatic rings. The molecule has 32 heavy (non-hydrogen) atoms. The Labute approximate surface area is 187 Å². The average Bonchev–Trinajstić information content (AvgIpc) is 3.44. The highest BCUT2D eigenvalue weighted by Crippen LogP contribution is 2.16. The summed E-state index contributed by atoms with van der Waals surface area (Å²) >= 11 is 0. The highest BCUT2D eigenvalue weighted by Gasteiger charge is 1.98. The number of carboxylic acids is 4. The summed E-state index contributed by atoms with van der Waals surface area (Å²) in [5.41, 5.74) is 10.7. The molecule has 8 N–H and O–H groups in total. The van der Waals surface area contributed by atoms with Gasteiger partial charge in [0.15, 0.2) is 11.9 Å². The van der Waals surface area contributed by atoms with E-state index < -0.39 is 23.9 Å². The molecule has 0 saturated heterocycles. The van der Waals surface area contributed by atoms with Crippen molar-refractivity contribution in [2.45, 2.75) is 51.4 Å². The molecule has 0 bridgehead atoms. The average molecular weight is 455 g/mol. The zero-order valence-corrected chi connectivity index (χ0v) is 18.3. The molecule has 0 unspecified atom stereocenters. The van der Waals surface area contributed by atoms with Gasteiger partial charge in [-0.05, 0) is 51.4 Å². The van der Waals surface area contributed by atoms with E-state index >= 15 is 0 Å². The fourth-order valence-electron chi connectivity index (χ4n) is 2.40. The third-order valence-corrected chi connectivity index (χ3v) is 4.01. The molecule has 0 aromatic carbocycles. The molecule has 0 spiro atoms. The Morgan fingerprint density at radius 3 is 1.69 bits per heavy atom. The highest BCUT2D eigenvalue weighted by molar-refractivity contribution is 6.26. The second-order valence-corrected chi connectivity index (χ2v) is 6.68. The predicted molar refractivity (Wildman–Crippen MR) is 112 cm³/mol. The maximum absolute atomic E-state index is 9.04. The van der Waals surface area contributed by atoms with Crippen LogP contribution in [0.1, 0.15) is 51.4 Å². The Hall–Kier alpha value is -3.24. The summed E-state index contributed by atoms with van der Waals surface area (Å²) in [6.45, 7) is 2.16. The summed E-state index contributed by atoms with van der Waals surface area (Å²) in [5, 5.41) is 32.6. The number of hydrogen-bond acceptors (Lipinski definition) is 6. The van der Waals surface area contributed by atoms with Crippen molar-refractivity contribution in [2.24, 2.45) is 0 Å². The number of allylic oxidation sites excluding steroid dienone is 8. The van der Waals surface area contributed by atoms with E-state index in [1.807, 2.05) is 0 Å². The fourth-order valence-corrected chi connectivity index (χ4v) is 2.40. The van der Waals surface area contributed by atoms with Crippen LogP contribution in [0.3, 0.4) is 0 Å². The first-order valence-corrected chi connectivity index (χ1v) is 10.3. The van der Waals surface area contributed by atoms with Crippen LogP contribution in [0.2, 0.25) is 0 Å². The Morgan fingerprint density at radius 2 is 1.34 bits per heavy atom. The molecule has 0 saturated carbocycles. The molecule has 0 atom stereocenters. The van der Waals surface area contributed by atoms with Crippen molar-refractivity contribution in [1.29, 1.82) is 0 Å². The van der Waals surface area contributed by atoms with Crippen molar-refractivity contribution < 1.29 is 51.1 Å². The van der Waals surface area contributed by atoms with E-state index in [1.165, 1.54) is 50.5 Å². The first-order chi connectivity index (χ1) is 15.1. The van der Waals surface area contributed by atoms with Gasteiger partial charge in [-0.1, -0.05) is 47.6 Å². The van der Waals surface area contributed by atoms with Crippen LogP contribution in [0, 0.1) is 0 Å². The topological polar surface area (TPSA) is 210 Å². The first-order valence-electron chi connectivity index (χ1n) is 10.3. The minimum Gasteiger partial charge on any atom is -0.539 e. The van der Waals surface area contributed by atoms with E-state index in [0.717, 1.165) is 19.5 Å². The molecular formula is C22H34N2O8. The SMILES string of the molecule is O=C([O-])C(=O)O.O=C([O-])C(=O)O.[NH3+]CCCCC1=CC=CC1.[NH3+]CCCCC1=CCC=C1. The minimum atomic E-state index is -2.07. The maximum atomic E-state index is 9.04. The highest BCUT2D eigenvalue weighted by atomic mass is 16.4. The standard InChI is InChI=1S/2C9H15N.2C2H2O4/c2*10-8-4-3-7-9-5-1-2-6-9;2*3-1(4)2(5)6/h1,5-6H,2-4,7-8,10H2;1-2,5H,3-4,6-8,10H2;2*(H,3,4)(H,5,6). The Balaban J connectivity index is 0. The fraction of sp³-hybridized carbons (Fsp3) is 0.455. The van der Waals surface area contributed by atoms with Crippen molar-refractivity contribution in [2.75, 3.05) is 13.1 Å². The lowest BCUT2D eigenvalue weighted by Crippen LogP contribution is -2.50. The predicted octanol–water partition coefficient (Wildman–Crippen LogP) is -1.79. The van der Waals surface area contributed by atoms with Crippen LogP contribution in [-0.4, -0.2) is 47.2 Å². The van der Waals surface area contributed by atoms with Crippen molar-refractivity contribution in [3.05, 3.63) is 47.6 Å². The van der Waals surface area contributed by atoms with Gasteiger partial charge >= 0.3 is 11.9 Å². The zero-order chi connectivity index (χ0) is 24.8. The van der Waals surface area contributed by atoms with E-state index in [1.54, 1.807) is 5.57 Å². The quantitative estimate of drug-likeness (QED) is 0.242. The van der Waals surface area contributed by atoms with Crippen LogP contribution in [-0.2, 0) is 19.2 Å². The molecule has 2 rings (SSSR count). The van der Waals surface area contributed by atoms with Gasteiger partial charge in [0.25, 0.3) is 0 Å². The monoisotopic (exact) mass is 454 g/mol. The van der Waals surface area contributed by atoms with Gasteiger partial charge in [-0.2, -0.15) is 0 Å². The summed E-state index contributed by atoms with van der Waals surface area (Å²) in [6.07, 6.45) is 23.4. The summed E-state index contributed by atoms with van der Waals surface area (Å²) in [4.78, 5) is 36.1.